The van der Waals surface area contributed by atoms with Gasteiger partial charge >= 0.3 is 0 Å². The van der Waals surface area contributed by atoms with Gasteiger partial charge in [0, 0.05) is 5.56 Å². The number of benzene rings is 1. The van der Waals surface area contributed by atoms with Gasteiger partial charge in [-0.1, -0.05) is 37.6 Å². The molecule has 0 amide bonds. The Bertz CT molecular complexity index is 564. The highest BCUT2D eigenvalue weighted by Crippen LogP contribution is 2.30. The number of hydrogen-bond donors (Lipinski definition) is 0. The van der Waals surface area contributed by atoms with Crippen molar-refractivity contribution in [2.75, 3.05) is 0 Å². The SMILES string of the molecule is CC(C)c1nn(-c2ccccc2F)c(Cl)c1CCl. The second-order valence-corrected chi connectivity index (χ2v) is 4.93. The highest BCUT2D eigenvalue weighted by atomic mass is 35.5. The van der Waals surface area contributed by atoms with Gasteiger partial charge in [0.05, 0.1) is 11.6 Å². The number of hydrogen-bond acceptors (Lipinski definition) is 1. The molecule has 0 aliphatic rings. The third-order valence-corrected chi connectivity index (χ3v) is 3.37. The van der Waals surface area contributed by atoms with Gasteiger partial charge in [-0.2, -0.15) is 5.10 Å². The molecule has 2 aromatic rings. The van der Waals surface area contributed by atoms with E-state index >= 15 is 0 Å². The Labute approximate surface area is 115 Å². The van der Waals surface area contributed by atoms with Crippen LogP contribution >= 0.6 is 23.2 Å². The van der Waals surface area contributed by atoms with E-state index in [9.17, 15) is 4.39 Å². The van der Waals surface area contributed by atoms with Gasteiger partial charge in [0.1, 0.15) is 16.7 Å². The molecule has 0 saturated carbocycles. The molecule has 0 saturated heterocycles. The number of alkyl halides is 1. The van der Waals surface area contributed by atoms with Crippen LogP contribution in [0.15, 0.2) is 24.3 Å². The number of para-hydroxylation sites is 1. The largest absolute Gasteiger partial charge is 0.219 e. The molecule has 96 valence electrons. The summed E-state index contributed by atoms with van der Waals surface area (Å²) in [6, 6.07) is 6.38. The minimum absolute atomic E-state index is 0.185. The Balaban J connectivity index is 2.63. The van der Waals surface area contributed by atoms with E-state index in [0.717, 1.165) is 11.3 Å². The molecule has 0 radical (unpaired) electrons. The number of aromatic nitrogens is 2. The second kappa shape index (κ2) is 5.29. The molecule has 2 rings (SSSR count). The van der Waals surface area contributed by atoms with Crippen LogP contribution in [0.5, 0.6) is 0 Å². The first-order valence-electron chi connectivity index (χ1n) is 5.64. The second-order valence-electron chi connectivity index (χ2n) is 4.31. The van der Waals surface area contributed by atoms with Crippen molar-refractivity contribution in [1.29, 1.82) is 0 Å². The Kier molecular flexibility index (Phi) is 3.93. The Morgan fingerprint density at radius 3 is 2.50 bits per heavy atom. The van der Waals surface area contributed by atoms with Crippen molar-refractivity contribution in [3.05, 3.63) is 46.5 Å². The fourth-order valence-electron chi connectivity index (χ4n) is 1.82. The summed E-state index contributed by atoms with van der Waals surface area (Å²) in [5.74, 6) is 0.0865. The fourth-order valence-corrected chi connectivity index (χ4v) is 2.44. The molecule has 0 fully saturated rings. The third-order valence-electron chi connectivity index (χ3n) is 2.71. The van der Waals surface area contributed by atoms with E-state index in [1.807, 2.05) is 13.8 Å². The van der Waals surface area contributed by atoms with Gasteiger partial charge in [0.15, 0.2) is 0 Å². The van der Waals surface area contributed by atoms with Crippen molar-refractivity contribution in [3.63, 3.8) is 0 Å². The standard InChI is InChI=1S/C13H13Cl2FN2/c1-8(2)12-9(7-14)13(15)18(17-12)11-6-4-3-5-10(11)16/h3-6,8H,7H2,1-2H3. The summed E-state index contributed by atoms with van der Waals surface area (Å²) < 4.78 is 15.2. The van der Waals surface area contributed by atoms with Crippen LogP contribution in [0.25, 0.3) is 5.69 Å². The molecule has 0 spiro atoms. The first-order valence-corrected chi connectivity index (χ1v) is 6.55. The molecule has 0 unspecified atom stereocenters. The molecule has 1 aromatic heterocycles. The van der Waals surface area contributed by atoms with Gasteiger partial charge in [-0.15, -0.1) is 11.6 Å². The molecule has 1 aromatic carbocycles. The maximum Gasteiger partial charge on any atom is 0.148 e. The summed E-state index contributed by atoms with van der Waals surface area (Å²) in [6.45, 7) is 4.00. The van der Waals surface area contributed by atoms with Gasteiger partial charge < -0.3 is 0 Å². The van der Waals surface area contributed by atoms with Crippen molar-refractivity contribution in [1.82, 2.24) is 9.78 Å². The van der Waals surface area contributed by atoms with Gasteiger partial charge in [0.2, 0.25) is 0 Å². The normalized spacial score (nSPS) is 11.2. The quantitative estimate of drug-likeness (QED) is 0.758. The zero-order valence-electron chi connectivity index (χ0n) is 10.1. The number of halogens is 3. The van der Waals surface area contributed by atoms with Crippen LogP contribution in [0.2, 0.25) is 5.15 Å². The van der Waals surface area contributed by atoms with Crippen molar-refractivity contribution >= 4 is 23.2 Å². The van der Waals surface area contributed by atoms with Crippen LogP contribution in [-0.4, -0.2) is 9.78 Å². The Hall–Kier alpha value is -1.06. The van der Waals surface area contributed by atoms with Crippen molar-refractivity contribution in [2.24, 2.45) is 0 Å². The monoisotopic (exact) mass is 286 g/mol. The predicted molar refractivity (Wildman–Crippen MR) is 72.2 cm³/mol. The molecule has 2 nitrogen and oxygen atoms in total. The van der Waals surface area contributed by atoms with E-state index in [2.05, 4.69) is 5.10 Å². The van der Waals surface area contributed by atoms with E-state index in [0.29, 0.717) is 10.8 Å². The molecular weight excluding hydrogens is 274 g/mol. The van der Waals surface area contributed by atoms with E-state index in [-0.39, 0.29) is 17.6 Å². The highest BCUT2D eigenvalue weighted by Gasteiger charge is 2.20. The van der Waals surface area contributed by atoms with Gasteiger partial charge in [-0.05, 0) is 18.1 Å². The van der Waals surface area contributed by atoms with E-state index in [1.165, 1.54) is 10.7 Å². The molecule has 0 aliphatic carbocycles. The smallest absolute Gasteiger partial charge is 0.148 e. The minimum atomic E-state index is -0.363. The van der Waals surface area contributed by atoms with Crippen LogP contribution < -0.4 is 0 Å². The molecule has 0 N–H and O–H groups in total. The van der Waals surface area contributed by atoms with E-state index < -0.39 is 0 Å². The van der Waals surface area contributed by atoms with Crippen LogP contribution in [0.3, 0.4) is 0 Å². The predicted octanol–water partition coefficient (Wildman–Crippen LogP) is 4.53. The van der Waals surface area contributed by atoms with E-state index in [4.69, 9.17) is 23.2 Å². The minimum Gasteiger partial charge on any atom is -0.219 e. The summed E-state index contributed by atoms with van der Waals surface area (Å²) in [5, 5.41) is 4.75. The molecule has 0 bridgehead atoms. The highest BCUT2D eigenvalue weighted by molar-refractivity contribution is 6.31. The summed E-state index contributed by atoms with van der Waals surface area (Å²) in [5.41, 5.74) is 1.90. The lowest BCUT2D eigenvalue weighted by Crippen LogP contribution is -2.00. The Morgan fingerprint density at radius 2 is 2.00 bits per heavy atom. The lowest BCUT2D eigenvalue weighted by Gasteiger charge is -2.04. The van der Waals surface area contributed by atoms with Crippen molar-refractivity contribution < 1.29 is 4.39 Å². The summed E-state index contributed by atoms with van der Waals surface area (Å²) >= 11 is 12.1. The molecule has 0 atom stereocenters. The maximum atomic E-state index is 13.7. The lowest BCUT2D eigenvalue weighted by molar-refractivity contribution is 0.608. The molecule has 5 heteroatoms. The summed E-state index contributed by atoms with van der Waals surface area (Å²) in [6.07, 6.45) is 0. The zero-order valence-corrected chi connectivity index (χ0v) is 11.6. The van der Waals surface area contributed by atoms with Gasteiger partial charge in [-0.25, -0.2) is 9.07 Å². The Morgan fingerprint density at radius 1 is 1.33 bits per heavy atom. The third kappa shape index (κ3) is 2.25. The van der Waals surface area contributed by atoms with Crippen molar-refractivity contribution in [3.8, 4) is 5.69 Å². The number of rotatable bonds is 3. The average molecular weight is 287 g/mol. The van der Waals surface area contributed by atoms with Gasteiger partial charge in [-0.3, -0.25) is 0 Å². The number of nitrogens with zero attached hydrogens (tertiary/aromatic N) is 2. The first kappa shape index (κ1) is 13.4. The topological polar surface area (TPSA) is 17.8 Å². The van der Waals surface area contributed by atoms with Crippen LogP contribution in [0.4, 0.5) is 4.39 Å². The van der Waals surface area contributed by atoms with Crippen LogP contribution in [0.1, 0.15) is 31.0 Å². The van der Waals surface area contributed by atoms with Crippen LogP contribution in [-0.2, 0) is 5.88 Å². The summed E-state index contributed by atoms with van der Waals surface area (Å²) in [7, 11) is 0. The zero-order chi connectivity index (χ0) is 13.3. The molecule has 18 heavy (non-hydrogen) atoms. The molecule has 0 aliphatic heterocycles. The first-order chi connectivity index (χ1) is 8.56. The molecule has 1 heterocycles. The van der Waals surface area contributed by atoms with Gasteiger partial charge in [0.25, 0.3) is 0 Å². The lowest BCUT2D eigenvalue weighted by atomic mass is 10.1. The fraction of sp³-hybridized carbons (Fsp3) is 0.308. The molecular formula is C13H13Cl2FN2. The maximum absolute atomic E-state index is 13.7. The van der Waals surface area contributed by atoms with Crippen LogP contribution in [0, 0.1) is 5.82 Å². The van der Waals surface area contributed by atoms with E-state index in [1.54, 1.807) is 18.2 Å². The average Bonchev–Trinajstić information content (AvgIpc) is 2.67. The van der Waals surface area contributed by atoms with Crippen molar-refractivity contribution in [2.45, 2.75) is 25.6 Å². The summed E-state index contributed by atoms with van der Waals surface area (Å²) in [4.78, 5) is 0.